The van der Waals surface area contributed by atoms with Crippen LogP contribution >= 0.6 is 0 Å². The Labute approximate surface area is 74.4 Å². The summed E-state index contributed by atoms with van der Waals surface area (Å²) in [6, 6.07) is 0. The molecule has 3 nitrogen and oxygen atoms in total. The summed E-state index contributed by atoms with van der Waals surface area (Å²) in [7, 11) is 0. The Morgan fingerprint density at radius 3 is 2.50 bits per heavy atom. The summed E-state index contributed by atoms with van der Waals surface area (Å²) < 4.78 is 0. The highest BCUT2D eigenvalue weighted by Gasteiger charge is 1.99. The lowest BCUT2D eigenvalue weighted by atomic mass is 10.3. The van der Waals surface area contributed by atoms with Crippen LogP contribution in [0.2, 0.25) is 0 Å². The molecule has 1 N–H and O–H groups in total. The molecule has 0 heterocycles. The molecule has 0 saturated carbocycles. The fourth-order valence-electron chi connectivity index (χ4n) is 0.753. The molecule has 12 heavy (non-hydrogen) atoms. The smallest absolute Gasteiger partial charge is 0.324 e. The van der Waals surface area contributed by atoms with Crippen molar-refractivity contribution < 1.29 is 9.63 Å². The van der Waals surface area contributed by atoms with Gasteiger partial charge in [0.15, 0.2) is 0 Å². The summed E-state index contributed by atoms with van der Waals surface area (Å²) in [5.74, 6) is -0.145. The Balaban J connectivity index is 3.08. The van der Waals surface area contributed by atoms with E-state index in [2.05, 4.69) is 19.3 Å². The van der Waals surface area contributed by atoms with Gasteiger partial charge in [-0.3, -0.25) is 4.79 Å². The molecule has 0 fully saturated rings. The van der Waals surface area contributed by atoms with Gasteiger partial charge in [0.25, 0.3) is 0 Å². The van der Waals surface area contributed by atoms with E-state index in [-0.39, 0.29) is 5.97 Å². The number of carbonyl (C=O) groups is 1. The van der Waals surface area contributed by atoms with E-state index in [9.17, 15) is 4.79 Å². The highest BCUT2D eigenvalue weighted by atomic mass is 16.7. The molecule has 0 saturated heterocycles. The molecule has 0 rings (SSSR count). The number of hydrogen-bond donors (Lipinski definition) is 1. The molecule has 0 amide bonds. The molecule has 0 bridgehead atoms. The molecule has 0 aliphatic carbocycles. The molecule has 0 aromatic rings. The van der Waals surface area contributed by atoms with Crippen molar-refractivity contribution in [2.24, 2.45) is 0 Å². The van der Waals surface area contributed by atoms with Crippen LogP contribution in [0.25, 0.3) is 0 Å². The molecular formula is C9H19NO2. The number of carbonyl (C=O) groups excluding carboxylic acids is 1. The summed E-state index contributed by atoms with van der Waals surface area (Å²) in [4.78, 5) is 15.6. The Morgan fingerprint density at radius 1 is 1.25 bits per heavy atom. The number of hydrogen-bond acceptors (Lipinski definition) is 3. The van der Waals surface area contributed by atoms with E-state index in [0.29, 0.717) is 6.42 Å². The Morgan fingerprint density at radius 2 is 1.92 bits per heavy atom. The van der Waals surface area contributed by atoms with Crippen molar-refractivity contribution in [1.29, 1.82) is 0 Å². The first kappa shape index (κ1) is 11.4. The molecule has 3 heteroatoms. The minimum Gasteiger partial charge on any atom is -0.371 e. The molecule has 0 aromatic carbocycles. The van der Waals surface area contributed by atoms with E-state index in [1.165, 1.54) is 0 Å². The number of hydroxylamine groups is 1. The van der Waals surface area contributed by atoms with E-state index in [4.69, 9.17) is 4.84 Å². The SMILES string of the molecule is CCCCNOC(=O)CCCC. The monoisotopic (exact) mass is 173 g/mol. The van der Waals surface area contributed by atoms with Gasteiger partial charge in [-0.05, 0) is 12.8 Å². The molecule has 0 unspecified atom stereocenters. The number of nitrogens with one attached hydrogen (secondary N) is 1. The van der Waals surface area contributed by atoms with Crippen molar-refractivity contribution in [1.82, 2.24) is 5.48 Å². The van der Waals surface area contributed by atoms with Gasteiger partial charge in [-0.2, -0.15) is 5.48 Å². The van der Waals surface area contributed by atoms with E-state index < -0.39 is 0 Å². The highest BCUT2D eigenvalue weighted by Crippen LogP contribution is 1.94. The van der Waals surface area contributed by atoms with Crippen molar-refractivity contribution in [3.8, 4) is 0 Å². The van der Waals surface area contributed by atoms with E-state index in [1.807, 2.05) is 0 Å². The van der Waals surface area contributed by atoms with Crippen LogP contribution in [0.1, 0.15) is 46.0 Å². The van der Waals surface area contributed by atoms with E-state index in [0.717, 1.165) is 32.2 Å². The van der Waals surface area contributed by atoms with Crippen LogP contribution in [-0.4, -0.2) is 12.5 Å². The molecule has 0 radical (unpaired) electrons. The standard InChI is InChI=1S/C9H19NO2/c1-3-5-7-9(11)12-10-8-6-4-2/h10H,3-8H2,1-2H3. The second kappa shape index (κ2) is 8.53. The van der Waals surface area contributed by atoms with Gasteiger partial charge in [0.2, 0.25) is 0 Å². The summed E-state index contributed by atoms with van der Waals surface area (Å²) in [6.45, 7) is 4.91. The lowest BCUT2D eigenvalue weighted by Crippen LogP contribution is -2.20. The zero-order valence-corrected chi connectivity index (χ0v) is 8.06. The number of rotatable bonds is 7. The van der Waals surface area contributed by atoms with Crippen LogP contribution in [0.4, 0.5) is 0 Å². The normalized spacial score (nSPS) is 9.83. The molecule has 72 valence electrons. The maximum Gasteiger partial charge on any atom is 0.324 e. The van der Waals surface area contributed by atoms with Gasteiger partial charge in [0.05, 0.1) is 0 Å². The van der Waals surface area contributed by atoms with Crippen molar-refractivity contribution in [2.45, 2.75) is 46.0 Å². The Kier molecular flexibility index (Phi) is 8.12. The fourth-order valence-corrected chi connectivity index (χ4v) is 0.753. The average Bonchev–Trinajstić information content (AvgIpc) is 2.09. The first-order valence-corrected chi connectivity index (χ1v) is 4.73. The van der Waals surface area contributed by atoms with Crippen LogP contribution < -0.4 is 5.48 Å². The molecule has 0 atom stereocenters. The molecule has 0 aliphatic heterocycles. The molecule has 0 aromatic heterocycles. The molecular weight excluding hydrogens is 154 g/mol. The van der Waals surface area contributed by atoms with Gasteiger partial charge < -0.3 is 4.84 Å². The molecule has 0 spiro atoms. The van der Waals surface area contributed by atoms with Gasteiger partial charge in [0.1, 0.15) is 0 Å². The quantitative estimate of drug-likeness (QED) is 0.473. The lowest BCUT2D eigenvalue weighted by molar-refractivity contribution is -0.151. The van der Waals surface area contributed by atoms with Gasteiger partial charge in [0, 0.05) is 13.0 Å². The van der Waals surface area contributed by atoms with E-state index >= 15 is 0 Å². The van der Waals surface area contributed by atoms with Gasteiger partial charge in [-0.15, -0.1) is 0 Å². The second-order valence-corrected chi connectivity index (χ2v) is 2.83. The largest absolute Gasteiger partial charge is 0.371 e. The Bertz CT molecular complexity index is 115. The predicted octanol–water partition coefficient (Wildman–Crippen LogP) is 2.02. The van der Waals surface area contributed by atoms with Crippen molar-refractivity contribution in [2.75, 3.05) is 6.54 Å². The topological polar surface area (TPSA) is 38.3 Å². The van der Waals surface area contributed by atoms with E-state index in [1.54, 1.807) is 0 Å². The second-order valence-electron chi connectivity index (χ2n) is 2.83. The minimum absolute atomic E-state index is 0.145. The van der Waals surface area contributed by atoms with Crippen LogP contribution in [0, 0.1) is 0 Å². The van der Waals surface area contributed by atoms with Crippen LogP contribution in [0.5, 0.6) is 0 Å². The summed E-state index contributed by atoms with van der Waals surface area (Å²) in [5.41, 5.74) is 2.65. The third-order valence-electron chi connectivity index (χ3n) is 1.55. The summed E-state index contributed by atoms with van der Waals surface area (Å²) >= 11 is 0. The maximum absolute atomic E-state index is 10.9. The minimum atomic E-state index is -0.145. The lowest BCUT2D eigenvalue weighted by Gasteiger charge is -2.03. The predicted molar refractivity (Wildman–Crippen MR) is 48.5 cm³/mol. The zero-order valence-electron chi connectivity index (χ0n) is 8.06. The molecule has 0 aliphatic rings. The zero-order chi connectivity index (χ0) is 9.23. The third-order valence-corrected chi connectivity index (χ3v) is 1.55. The van der Waals surface area contributed by atoms with Crippen molar-refractivity contribution in [3.63, 3.8) is 0 Å². The summed E-state index contributed by atoms with van der Waals surface area (Å²) in [5, 5.41) is 0. The highest BCUT2D eigenvalue weighted by molar-refractivity contribution is 5.68. The van der Waals surface area contributed by atoms with Gasteiger partial charge in [-0.1, -0.05) is 26.7 Å². The van der Waals surface area contributed by atoms with Gasteiger partial charge >= 0.3 is 5.97 Å². The fraction of sp³-hybridized carbons (Fsp3) is 0.889. The van der Waals surface area contributed by atoms with Crippen LogP contribution in [0.3, 0.4) is 0 Å². The maximum atomic E-state index is 10.9. The van der Waals surface area contributed by atoms with Gasteiger partial charge in [-0.25, -0.2) is 0 Å². The van der Waals surface area contributed by atoms with Crippen molar-refractivity contribution in [3.05, 3.63) is 0 Å². The third kappa shape index (κ3) is 7.54. The van der Waals surface area contributed by atoms with Crippen molar-refractivity contribution >= 4 is 5.97 Å². The van der Waals surface area contributed by atoms with Crippen LogP contribution in [-0.2, 0) is 9.63 Å². The first-order chi connectivity index (χ1) is 5.81. The van der Waals surface area contributed by atoms with Crippen LogP contribution in [0.15, 0.2) is 0 Å². The first-order valence-electron chi connectivity index (χ1n) is 4.73. The average molecular weight is 173 g/mol. The number of unbranched alkanes of at least 4 members (excludes halogenated alkanes) is 2. The Hall–Kier alpha value is -0.570. The summed E-state index contributed by atoms with van der Waals surface area (Å²) in [6.07, 6.45) is 4.62.